The number of carbonyl (C=O) groups is 1. The van der Waals surface area contributed by atoms with Crippen LogP contribution in [0.25, 0.3) is 0 Å². The van der Waals surface area contributed by atoms with Crippen LogP contribution in [0.5, 0.6) is 0 Å². The van der Waals surface area contributed by atoms with Crippen molar-refractivity contribution in [3.05, 3.63) is 51.2 Å². The first-order chi connectivity index (χ1) is 10.5. The maximum atomic E-state index is 12.0. The molecule has 1 aromatic carbocycles. The molecule has 0 aromatic heterocycles. The number of amidine groups is 1. The van der Waals surface area contributed by atoms with Gasteiger partial charge in [-0.15, -0.1) is 0 Å². The average Bonchev–Trinajstić information content (AvgIpc) is 2.53. The Morgan fingerprint density at radius 3 is 2.64 bits per heavy atom. The van der Waals surface area contributed by atoms with Crippen molar-refractivity contribution in [3.63, 3.8) is 0 Å². The number of nitro benzene ring substituents is 1. The third-order valence-corrected chi connectivity index (χ3v) is 3.24. The van der Waals surface area contributed by atoms with E-state index in [2.05, 4.69) is 10.3 Å². The van der Waals surface area contributed by atoms with E-state index in [0.29, 0.717) is 11.3 Å². The Morgan fingerprint density at radius 1 is 1.36 bits per heavy atom. The quantitative estimate of drug-likeness (QED) is 0.518. The minimum absolute atomic E-state index is 0.122. The monoisotopic (exact) mass is 305 g/mol. The molecule has 1 heterocycles. The lowest BCUT2D eigenvalue weighted by atomic mass is 9.95. The zero-order valence-corrected chi connectivity index (χ0v) is 12.3. The molecule has 0 amide bonds. The number of ether oxygens (including phenoxy) is 2. The number of nitrogens with zero attached hydrogens (tertiary/aromatic N) is 2. The number of para-hydroxylation sites is 1. The standard InChI is InChI=1S/C14H15N3O5/c1-8-11(13(18)21-2)12(16-14(15-8)22-3)9-6-4-5-7-10(9)17(19)20/h4-7,12H,1-3H3,(H,15,16). The van der Waals surface area contributed by atoms with Crippen LogP contribution in [0.15, 0.2) is 40.5 Å². The highest BCUT2D eigenvalue weighted by atomic mass is 16.6. The first-order valence-corrected chi connectivity index (χ1v) is 6.40. The maximum absolute atomic E-state index is 12.0. The number of nitro groups is 1. The van der Waals surface area contributed by atoms with Gasteiger partial charge in [0.15, 0.2) is 0 Å². The lowest BCUT2D eigenvalue weighted by Crippen LogP contribution is -2.33. The Kier molecular flexibility index (Phi) is 4.40. The minimum Gasteiger partial charge on any atom is -0.468 e. The van der Waals surface area contributed by atoms with Crippen LogP contribution >= 0.6 is 0 Å². The smallest absolute Gasteiger partial charge is 0.338 e. The summed E-state index contributed by atoms with van der Waals surface area (Å²) in [4.78, 5) is 27.0. The molecule has 0 radical (unpaired) electrons. The Bertz CT molecular complexity index is 681. The molecule has 0 saturated carbocycles. The molecular formula is C14H15N3O5. The number of hydrogen-bond acceptors (Lipinski definition) is 7. The Balaban J connectivity index is 2.62. The van der Waals surface area contributed by atoms with Gasteiger partial charge in [-0.2, -0.15) is 0 Å². The van der Waals surface area contributed by atoms with Gasteiger partial charge < -0.3 is 14.8 Å². The van der Waals surface area contributed by atoms with Gasteiger partial charge in [-0.05, 0) is 13.0 Å². The molecule has 0 saturated heterocycles. The van der Waals surface area contributed by atoms with Crippen LogP contribution in [0.4, 0.5) is 5.69 Å². The molecule has 1 unspecified atom stereocenters. The summed E-state index contributed by atoms with van der Waals surface area (Å²) in [5.41, 5.74) is 0.852. The Morgan fingerprint density at radius 2 is 2.05 bits per heavy atom. The van der Waals surface area contributed by atoms with Gasteiger partial charge in [-0.25, -0.2) is 9.79 Å². The Hall–Kier alpha value is -2.90. The average molecular weight is 305 g/mol. The van der Waals surface area contributed by atoms with Crippen LogP contribution in [0.3, 0.4) is 0 Å². The van der Waals surface area contributed by atoms with Gasteiger partial charge >= 0.3 is 5.97 Å². The predicted octanol–water partition coefficient (Wildman–Crippen LogP) is 1.69. The molecule has 0 bridgehead atoms. The highest BCUT2D eigenvalue weighted by Crippen LogP contribution is 2.36. The van der Waals surface area contributed by atoms with Crippen LogP contribution in [-0.2, 0) is 14.3 Å². The molecule has 22 heavy (non-hydrogen) atoms. The van der Waals surface area contributed by atoms with Gasteiger partial charge in [-0.1, -0.05) is 12.1 Å². The minimum atomic E-state index is -0.870. The number of allylic oxidation sites excluding steroid dienone is 1. The van der Waals surface area contributed by atoms with Crippen LogP contribution in [0.1, 0.15) is 18.5 Å². The molecule has 8 nitrogen and oxygen atoms in total. The SMILES string of the molecule is COC(=O)C1=C(C)NC(OC)=NC1c1ccccc1[N+](=O)[O-]. The molecule has 0 fully saturated rings. The van der Waals surface area contributed by atoms with Gasteiger partial charge in [-0.3, -0.25) is 10.1 Å². The molecule has 1 N–H and O–H groups in total. The lowest BCUT2D eigenvalue weighted by Gasteiger charge is -2.24. The molecule has 8 heteroatoms. The molecular weight excluding hydrogens is 290 g/mol. The summed E-state index contributed by atoms with van der Waals surface area (Å²) in [5.74, 6) is -0.605. The van der Waals surface area contributed by atoms with E-state index in [1.165, 1.54) is 20.3 Å². The molecule has 2 rings (SSSR count). The van der Waals surface area contributed by atoms with Gasteiger partial charge in [0.05, 0.1) is 30.3 Å². The number of rotatable bonds is 3. The molecule has 0 spiro atoms. The molecule has 0 aliphatic carbocycles. The summed E-state index contributed by atoms with van der Waals surface area (Å²) in [6.07, 6.45) is 0. The van der Waals surface area contributed by atoms with Gasteiger partial charge in [0.1, 0.15) is 6.04 Å². The highest BCUT2D eigenvalue weighted by molar-refractivity contribution is 5.94. The van der Waals surface area contributed by atoms with E-state index in [4.69, 9.17) is 9.47 Å². The Labute approximate surface area is 126 Å². The van der Waals surface area contributed by atoms with Crippen molar-refractivity contribution < 1.29 is 19.2 Å². The number of carbonyl (C=O) groups excluding carboxylic acids is 1. The number of aliphatic imine (C=N–C) groups is 1. The molecule has 1 aliphatic rings. The lowest BCUT2D eigenvalue weighted by molar-refractivity contribution is -0.385. The van der Waals surface area contributed by atoms with Crippen molar-refractivity contribution in [2.24, 2.45) is 4.99 Å². The fraction of sp³-hybridized carbons (Fsp3) is 0.286. The second kappa shape index (κ2) is 6.25. The van der Waals surface area contributed by atoms with E-state index in [9.17, 15) is 14.9 Å². The summed E-state index contributed by atoms with van der Waals surface area (Å²) >= 11 is 0. The van der Waals surface area contributed by atoms with Crippen LogP contribution < -0.4 is 5.32 Å². The van der Waals surface area contributed by atoms with E-state index in [1.54, 1.807) is 25.1 Å². The number of esters is 1. The van der Waals surface area contributed by atoms with Crippen molar-refractivity contribution in [3.8, 4) is 0 Å². The molecule has 1 atom stereocenters. The van der Waals surface area contributed by atoms with E-state index in [0.717, 1.165) is 0 Å². The maximum Gasteiger partial charge on any atom is 0.338 e. The number of hydrogen-bond donors (Lipinski definition) is 1. The highest BCUT2D eigenvalue weighted by Gasteiger charge is 2.34. The summed E-state index contributed by atoms with van der Waals surface area (Å²) in [6.45, 7) is 1.65. The van der Waals surface area contributed by atoms with Crippen molar-refractivity contribution in [1.82, 2.24) is 5.32 Å². The predicted molar refractivity (Wildman–Crippen MR) is 78.1 cm³/mol. The van der Waals surface area contributed by atoms with Gasteiger partial charge in [0.2, 0.25) is 0 Å². The zero-order valence-electron chi connectivity index (χ0n) is 12.3. The van der Waals surface area contributed by atoms with E-state index < -0.39 is 16.9 Å². The first kappa shape index (κ1) is 15.5. The largest absolute Gasteiger partial charge is 0.468 e. The van der Waals surface area contributed by atoms with Crippen molar-refractivity contribution >= 4 is 17.7 Å². The second-order valence-electron chi connectivity index (χ2n) is 4.51. The van der Waals surface area contributed by atoms with Crippen LogP contribution in [-0.4, -0.2) is 31.1 Å². The van der Waals surface area contributed by atoms with Crippen molar-refractivity contribution in [2.75, 3.05) is 14.2 Å². The summed E-state index contributed by atoms with van der Waals surface area (Å²) in [7, 11) is 2.66. The molecule has 1 aliphatic heterocycles. The van der Waals surface area contributed by atoms with E-state index in [1.807, 2.05) is 0 Å². The number of nitrogens with one attached hydrogen (secondary N) is 1. The summed E-state index contributed by atoms with van der Waals surface area (Å²) in [6, 6.07) is 5.43. The zero-order chi connectivity index (χ0) is 16.3. The third kappa shape index (κ3) is 2.76. The van der Waals surface area contributed by atoms with Crippen LogP contribution in [0.2, 0.25) is 0 Å². The van der Waals surface area contributed by atoms with Crippen molar-refractivity contribution in [1.29, 1.82) is 0 Å². The van der Waals surface area contributed by atoms with Gasteiger partial charge in [0, 0.05) is 11.8 Å². The fourth-order valence-electron chi connectivity index (χ4n) is 2.24. The fourth-order valence-corrected chi connectivity index (χ4v) is 2.24. The van der Waals surface area contributed by atoms with Crippen molar-refractivity contribution in [2.45, 2.75) is 13.0 Å². The summed E-state index contributed by atoms with van der Waals surface area (Å²) in [5, 5.41) is 14.0. The first-order valence-electron chi connectivity index (χ1n) is 6.40. The molecule has 1 aromatic rings. The second-order valence-corrected chi connectivity index (χ2v) is 4.51. The topological polar surface area (TPSA) is 103 Å². The number of methoxy groups -OCH3 is 2. The van der Waals surface area contributed by atoms with E-state index in [-0.39, 0.29) is 17.3 Å². The normalized spacial score (nSPS) is 17.4. The van der Waals surface area contributed by atoms with Crippen LogP contribution in [0, 0.1) is 10.1 Å². The van der Waals surface area contributed by atoms with Gasteiger partial charge in [0.25, 0.3) is 11.7 Å². The summed E-state index contributed by atoms with van der Waals surface area (Å²) < 4.78 is 9.82. The number of benzene rings is 1. The van der Waals surface area contributed by atoms with E-state index >= 15 is 0 Å². The third-order valence-electron chi connectivity index (χ3n) is 3.24. The molecule has 116 valence electrons.